The van der Waals surface area contributed by atoms with E-state index in [0.717, 1.165) is 81.3 Å². The van der Waals surface area contributed by atoms with E-state index in [9.17, 15) is 0 Å². The molecule has 0 atom stereocenters. The molecule has 0 heterocycles. The number of nitrogens with zero attached hydrogens (tertiary/aromatic N) is 2. The van der Waals surface area contributed by atoms with Crippen LogP contribution in [-0.2, 0) is 33.3 Å². The standard InChI is InChI=1S/C63H102N2.Pd/c1-4-7-10-12-14-16-18-20-22-24-26-28-30-32-34-36-38-40-42-45-51-59-53-47-49-56-62(59)64-58-61(55-44-9-6-3)65-63-57-50-48-54-60(63)52-46-43-41-39-37-35-33-31-29-27-25-23-21-19-17-15-13-11-8-5-2;/h47-50,53-54,56-58H,4-37,42-46,51-52,55H2,1-3H3;. The van der Waals surface area contributed by atoms with Crippen molar-refractivity contribution in [1.29, 1.82) is 0 Å². The van der Waals surface area contributed by atoms with Crippen LogP contribution in [-0.4, -0.2) is 11.9 Å². The van der Waals surface area contributed by atoms with Crippen molar-refractivity contribution in [2.45, 2.75) is 290 Å². The Hall–Kier alpha value is -2.44. The van der Waals surface area contributed by atoms with Crippen LogP contribution in [0.1, 0.15) is 289 Å². The van der Waals surface area contributed by atoms with E-state index >= 15 is 0 Å². The Balaban J connectivity index is 0.0000218. The van der Waals surface area contributed by atoms with E-state index in [1.54, 1.807) is 0 Å². The maximum absolute atomic E-state index is 5.25. The molecule has 0 aromatic heterocycles. The van der Waals surface area contributed by atoms with Crippen molar-refractivity contribution in [3.8, 4) is 23.7 Å². The second kappa shape index (κ2) is 49.0. The van der Waals surface area contributed by atoms with E-state index in [-0.39, 0.29) is 20.4 Å². The van der Waals surface area contributed by atoms with Crippen LogP contribution in [0.2, 0.25) is 0 Å². The fourth-order valence-corrected chi connectivity index (χ4v) is 8.94. The topological polar surface area (TPSA) is 24.7 Å². The fourth-order valence-electron chi connectivity index (χ4n) is 8.94. The van der Waals surface area contributed by atoms with Crippen molar-refractivity contribution in [2.24, 2.45) is 9.98 Å². The molecular weight excluding hydrogens is 891 g/mol. The molecule has 0 aliphatic heterocycles. The summed E-state index contributed by atoms with van der Waals surface area (Å²) in [5.41, 5.74) is 5.86. The Morgan fingerprint density at radius 3 is 1.06 bits per heavy atom. The van der Waals surface area contributed by atoms with Gasteiger partial charge in [0, 0.05) is 52.3 Å². The van der Waals surface area contributed by atoms with Gasteiger partial charge in [-0.15, -0.1) is 23.7 Å². The van der Waals surface area contributed by atoms with Gasteiger partial charge >= 0.3 is 0 Å². The second-order valence-electron chi connectivity index (χ2n) is 19.4. The third-order valence-corrected chi connectivity index (χ3v) is 13.2. The Bertz CT molecular complexity index is 1550. The van der Waals surface area contributed by atoms with E-state index < -0.39 is 0 Å². The summed E-state index contributed by atoms with van der Waals surface area (Å²) in [7, 11) is 0. The summed E-state index contributed by atoms with van der Waals surface area (Å²) in [5.74, 6) is 13.9. The smallest absolute Gasteiger partial charge is 0.0665 e. The zero-order valence-electron chi connectivity index (χ0n) is 43.6. The van der Waals surface area contributed by atoms with Crippen molar-refractivity contribution in [1.82, 2.24) is 0 Å². The van der Waals surface area contributed by atoms with Crippen molar-refractivity contribution in [2.75, 3.05) is 0 Å². The van der Waals surface area contributed by atoms with Crippen molar-refractivity contribution in [3.63, 3.8) is 0 Å². The van der Waals surface area contributed by atoms with Gasteiger partial charge in [-0.2, -0.15) is 0 Å². The van der Waals surface area contributed by atoms with Crippen molar-refractivity contribution >= 4 is 23.3 Å². The molecule has 2 rings (SSSR count). The molecule has 0 radical (unpaired) electrons. The van der Waals surface area contributed by atoms with Gasteiger partial charge in [0.2, 0.25) is 0 Å². The third-order valence-electron chi connectivity index (χ3n) is 13.2. The molecule has 0 fully saturated rings. The zero-order chi connectivity index (χ0) is 46.2. The van der Waals surface area contributed by atoms with Gasteiger partial charge in [-0.3, -0.25) is 9.98 Å². The van der Waals surface area contributed by atoms with E-state index in [1.807, 2.05) is 6.21 Å². The van der Waals surface area contributed by atoms with Gasteiger partial charge in [-0.25, -0.2) is 0 Å². The second-order valence-corrected chi connectivity index (χ2v) is 19.4. The molecule has 0 bridgehead atoms. The fraction of sp³-hybridized carbons (Fsp3) is 0.714. The van der Waals surface area contributed by atoms with Gasteiger partial charge in [0.05, 0.1) is 17.1 Å². The van der Waals surface area contributed by atoms with Crippen LogP contribution in [0.25, 0.3) is 0 Å². The van der Waals surface area contributed by atoms with Crippen molar-refractivity contribution in [3.05, 3.63) is 59.7 Å². The summed E-state index contributed by atoms with van der Waals surface area (Å²) in [6.07, 6.45) is 57.0. The number of hydrogen-bond acceptors (Lipinski definition) is 2. The Morgan fingerprint density at radius 1 is 0.364 bits per heavy atom. The zero-order valence-corrected chi connectivity index (χ0v) is 45.2. The maximum atomic E-state index is 5.25. The summed E-state index contributed by atoms with van der Waals surface area (Å²) >= 11 is 0. The van der Waals surface area contributed by atoms with Gasteiger partial charge in [0.15, 0.2) is 0 Å². The summed E-state index contributed by atoms with van der Waals surface area (Å²) in [6.45, 7) is 6.87. The van der Waals surface area contributed by atoms with E-state index in [1.165, 1.54) is 217 Å². The third kappa shape index (κ3) is 37.5. The molecule has 0 amide bonds. The van der Waals surface area contributed by atoms with Crippen LogP contribution in [0, 0.1) is 23.7 Å². The summed E-state index contributed by atoms with van der Waals surface area (Å²) in [5, 5.41) is 0. The largest absolute Gasteiger partial charge is 0.255 e. The van der Waals surface area contributed by atoms with E-state index in [0.29, 0.717) is 0 Å². The Labute approximate surface area is 425 Å². The van der Waals surface area contributed by atoms with Crippen LogP contribution in [0.5, 0.6) is 0 Å². The first-order chi connectivity index (χ1) is 32.3. The molecule has 0 saturated heterocycles. The molecule has 0 saturated carbocycles. The number of para-hydroxylation sites is 2. The number of aliphatic imine (C=N–C) groups is 2. The number of rotatable bonds is 43. The number of benzene rings is 2. The molecule has 0 spiro atoms. The van der Waals surface area contributed by atoms with E-state index in [4.69, 9.17) is 9.98 Å². The minimum Gasteiger partial charge on any atom is -0.255 e. The van der Waals surface area contributed by atoms with Crippen LogP contribution < -0.4 is 0 Å². The minimum absolute atomic E-state index is 0. The average molecular weight is 994 g/mol. The van der Waals surface area contributed by atoms with E-state index in [2.05, 4.69) is 93.0 Å². The monoisotopic (exact) mass is 993 g/mol. The molecule has 2 aromatic rings. The molecule has 0 aliphatic carbocycles. The molecule has 3 heteroatoms. The quantitative estimate of drug-likeness (QED) is 0.0274. The molecule has 2 nitrogen and oxygen atoms in total. The maximum Gasteiger partial charge on any atom is 0.0665 e. The number of aryl methyl sites for hydroxylation is 2. The molecule has 374 valence electrons. The molecule has 2 aromatic carbocycles. The SMILES string of the molecule is CCCCCCCCCCCCCCCCCC#CCCCc1ccccc1N=CC(CCCCC)=Nc1ccccc1CCCC#CCCCCCCCCCCCCCCCCC.[Pd]. The summed E-state index contributed by atoms with van der Waals surface area (Å²) in [6, 6.07) is 17.4. The minimum atomic E-state index is 0. The average Bonchev–Trinajstić information content (AvgIpc) is 3.32. The molecule has 66 heavy (non-hydrogen) atoms. The number of hydrogen-bond donors (Lipinski definition) is 0. The Kier molecular flexibility index (Phi) is 45.7. The normalized spacial score (nSPS) is 11.3. The van der Waals surface area contributed by atoms with Gasteiger partial charge in [-0.05, 0) is 74.6 Å². The summed E-state index contributed by atoms with van der Waals surface area (Å²) in [4.78, 5) is 10.3. The molecule has 0 unspecified atom stereocenters. The van der Waals surface area contributed by atoms with Crippen LogP contribution >= 0.6 is 0 Å². The molecule has 0 aliphatic rings. The van der Waals surface area contributed by atoms with Gasteiger partial charge in [0.1, 0.15) is 0 Å². The van der Waals surface area contributed by atoms with Crippen LogP contribution in [0.4, 0.5) is 11.4 Å². The van der Waals surface area contributed by atoms with Crippen LogP contribution in [0.3, 0.4) is 0 Å². The Morgan fingerprint density at radius 2 is 0.667 bits per heavy atom. The first-order valence-corrected chi connectivity index (χ1v) is 28.5. The van der Waals surface area contributed by atoms with Crippen molar-refractivity contribution < 1.29 is 20.4 Å². The van der Waals surface area contributed by atoms with Crippen LogP contribution in [0.15, 0.2) is 58.5 Å². The molecule has 0 N–H and O–H groups in total. The predicted molar refractivity (Wildman–Crippen MR) is 293 cm³/mol. The van der Waals surface area contributed by atoms with Gasteiger partial charge in [0.25, 0.3) is 0 Å². The summed E-state index contributed by atoms with van der Waals surface area (Å²) < 4.78 is 0. The van der Waals surface area contributed by atoms with Gasteiger partial charge in [-0.1, -0.05) is 250 Å². The first kappa shape index (κ1) is 61.6. The van der Waals surface area contributed by atoms with Gasteiger partial charge < -0.3 is 0 Å². The molecular formula is C63H102N2Pd. The number of unbranched alkanes of at least 4 members (excludes halogenated alkanes) is 34. The first-order valence-electron chi connectivity index (χ1n) is 28.5. The predicted octanol–water partition coefficient (Wildman–Crippen LogP) is 20.9.